The molecular weight excluding hydrogens is 707 g/mol. The molecular formula is C40H51N5O8Si. The van der Waals surface area contributed by atoms with E-state index < -0.39 is 54.9 Å². The lowest BCUT2D eigenvalue weighted by Crippen LogP contribution is -2.81. The van der Waals surface area contributed by atoms with Crippen molar-refractivity contribution < 1.29 is 33.0 Å². The average Bonchev–Trinajstić information content (AvgIpc) is 3.78. The summed E-state index contributed by atoms with van der Waals surface area (Å²) in [7, 11) is -2.59. The highest BCUT2D eigenvalue weighted by Gasteiger charge is 2.93. The number of nitrogens with one attached hydrogen (secondary N) is 2. The van der Waals surface area contributed by atoms with Gasteiger partial charge >= 0.3 is 5.97 Å². The molecule has 14 heteroatoms. The predicted octanol–water partition coefficient (Wildman–Crippen LogP) is 6.48. The fraction of sp³-hybridized carbons (Fsp3) is 0.525. The van der Waals surface area contributed by atoms with Crippen LogP contribution in [0.5, 0.6) is 0 Å². The quantitative estimate of drug-likeness (QED) is 0.0880. The maximum absolute atomic E-state index is 13.3. The summed E-state index contributed by atoms with van der Waals surface area (Å²) in [6.45, 7) is 16.6. The molecule has 1 aliphatic heterocycles. The van der Waals surface area contributed by atoms with Gasteiger partial charge < -0.3 is 23.4 Å². The van der Waals surface area contributed by atoms with Gasteiger partial charge in [0.25, 0.3) is 5.56 Å². The van der Waals surface area contributed by atoms with Crippen LogP contribution in [0.15, 0.2) is 71.8 Å². The third-order valence-corrected chi connectivity index (χ3v) is 16.2. The molecule has 2 unspecified atom stereocenters. The van der Waals surface area contributed by atoms with E-state index in [2.05, 4.69) is 54.1 Å². The van der Waals surface area contributed by atoms with Gasteiger partial charge in [-0.15, -0.1) is 0 Å². The number of benzene rings is 2. The van der Waals surface area contributed by atoms with Gasteiger partial charge in [0.15, 0.2) is 37.6 Å². The first-order chi connectivity index (χ1) is 25.5. The molecule has 3 heterocycles. The Bertz CT molecular complexity index is 2080. The van der Waals surface area contributed by atoms with E-state index in [0.717, 1.165) is 24.0 Å². The number of rotatable bonds is 13. The second-order valence-electron chi connectivity index (χ2n) is 16.7. The number of carbonyl (C=O) groups excluding carboxylic acids is 2. The number of esters is 1. The number of imidazole rings is 1. The summed E-state index contributed by atoms with van der Waals surface area (Å²) in [5.41, 5.74) is -0.0405. The molecule has 2 aromatic heterocycles. The monoisotopic (exact) mass is 757 g/mol. The Morgan fingerprint density at radius 2 is 1.67 bits per heavy atom. The Balaban J connectivity index is 1.38. The minimum absolute atomic E-state index is 0.0284. The van der Waals surface area contributed by atoms with Gasteiger partial charge in [-0.25, -0.2) is 4.98 Å². The van der Waals surface area contributed by atoms with Gasteiger partial charge in [-0.05, 0) is 42.1 Å². The van der Waals surface area contributed by atoms with Gasteiger partial charge in [0, 0.05) is 12.8 Å². The molecule has 0 bridgehead atoms. The van der Waals surface area contributed by atoms with Crippen molar-refractivity contribution in [3.8, 4) is 0 Å². The van der Waals surface area contributed by atoms with Gasteiger partial charge in [0.1, 0.15) is 5.60 Å². The third kappa shape index (κ3) is 6.31. The van der Waals surface area contributed by atoms with Crippen molar-refractivity contribution in [2.75, 3.05) is 11.9 Å². The van der Waals surface area contributed by atoms with Gasteiger partial charge in [0.2, 0.25) is 11.9 Å². The molecule has 7 rings (SSSR count). The van der Waals surface area contributed by atoms with Crippen LogP contribution >= 0.6 is 0 Å². The van der Waals surface area contributed by atoms with Crippen LogP contribution in [0.25, 0.3) is 11.2 Å². The molecule has 2 saturated carbocycles. The smallest absolute Gasteiger partial charge is 0.303 e. The summed E-state index contributed by atoms with van der Waals surface area (Å²) in [4.78, 5) is 50.7. The number of amides is 1. The van der Waals surface area contributed by atoms with Crippen molar-refractivity contribution in [3.63, 3.8) is 0 Å². The Hall–Kier alpha value is -4.21. The summed E-state index contributed by atoms with van der Waals surface area (Å²) < 4.78 is 36.5. The minimum atomic E-state index is -2.59. The SMILES string of the molecule is CC(=O)OC1C2[C@](OCc3ccccc3)(O[Si](C)(C)C(C)(C)C)C3(CC3)[C@]2(COCc2ccccc2)O[C@H]1n1cnc2c(=O)[nH]c(NC(=O)C(C)C)nc21. The van der Waals surface area contributed by atoms with Gasteiger partial charge in [-0.2, -0.15) is 4.98 Å². The number of hydrogen-bond acceptors (Lipinski definition) is 10. The lowest BCUT2D eigenvalue weighted by molar-refractivity contribution is -0.407. The number of anilines is 1. The largest absolute Gasteiger partial charge is 0.457 e. The first-order valence-electron chi connectivity index (χ1n) is 18.7. The Morgan fingerprint density at radius 3 is 2.24 bits per heavy atom. The second kappa shape index (κ2) is 13.8. The van der Waals surface area contributed by atoms with Crippen LogP contribution in [-0.2, 0) is 46.2 Å². The van der Waals surface area contributed by atoms with Gasteiger partial charge in [0.05, 0.1) is 37.5 Å². The molecule has 0 radical (unpaired) electrons. The normalized spacial score (nSPS) is 25.8. The van der Waals surface area contributed by atoms with Crippen molar-refractivity contribution in [1.82, 2.24) is 19.5 Å². The number of carbonyl (C=O) groups is 2. The number of aromatic amines is 1. The highest BCUT2D eigenvalue weighted by Crippen LogP contribution is 2.82. The summed E-state index contributed by atoms with van der Waals surface area (Å²) in [6.07, 6.45) is 0.952. The summed E-state index contributed by atoms with van der Waals surface area (Å²) in [5.74, 6) is -3.10. The maximum Gasteiger partial charge on any atom is 0.303 e. The number of fused-ring (bicyclic) bond motifs is 3. The van der Waals surface area contributed by atoms with E-state index in [-0.39, 0.29) is 47.2 Å². The zero-order chi connectivity index (χ0) is 38.7. The van der Waals surface area contributed by atoms with E-state index in [0.29, 0.717) is 6.61 Å². The minimum Gasteiger partial charge on any atom is -0.457 e. The molecule has 288 valence electrons. The molecule has 2 N–H and O–H groups in total. The first-order valence-corrected chi connectivity index (χ1v) is 21.6. The number of hydrogen-bond donors (Lipinski definition) is 2. The summed E-state index contributed by atoms with van der Waals surface area (Å²) in [6, 6.07) is 19.9. The molecule has 3 fully saturated rings. The zero-order valence-corrected chi connectivity index (χ0v) is 33.3. The van der Waals surface area contributed by atoms with Crippen LogP contribution in [-0.4, -0.2) is 63.8 Å². The molecule has 3 aliphatic rings. The lowest BCUT2D eigenvalue weighted by Gasteiger charge is -2.67. The van der Waals surface area contributed by atoms with E-state index in [4.69, 9.17) is 23.4 Å². The molecule has 13 nitrogen and oxygen atoms in total. The maximum atomic E-state index is 13.3. The number of aromatic nitrogens is 4. The highest BCUT2D eigenvalue weighted by molar-refractivity contribution is 6.74. The Kier molecular flexibility index (Phi) is 9.74. The van der Waals surface area contributed by atoms with Crippen LogP contribution in [0.1, 0.15) is 71.7 Å². The predicted molar refractivity (Wildman–Crippen MR) is 204 cm³/mol. The molecule has 2 aliphatic carbocycles. The molecule has 54 heavy (non-hydrogen) atoms. The van der Waals surface area contributed by atoms with E-state index in [1.165, 1.54) is 13.3 Å². The molecule has 1 spiro atoms. The summed E-state index contributed by atoms with van der Waals surface area (Å²) >= 11 is 0. The highest BCUT2D eigenvalue weighted by atomic mass is 28.4. The van der Waals surface area contributed by atoms with Crippen molar-refractivity contribution in [2.45, 2.75) is 109 Å². The second-order valence-corrected chi connectivity index (χ2v) is 21.4. The number of ether oxygens (including phenoxy) is 4. The zero-order valence-electron chi connectivity index (χ0n) is 32.3. The lowest BCUT2D eigenvalue weighted by atomic mass is 9.52. The van der Waals surface area contributed by atoms with E-state index >= 15 is 0 Å². The first kappa shape index (κ1) is 38.1. The molecule has 2 aromatic carbocycles. The molecule has 4 aromatic rings. The van der Waals surface area contributed by atoms with Crippen LogP contribution < -0.4 is 10.9 Å². The van der Waals surface area contributed by atoms with Crippen molar-refractivity contribution in [2.24, 2.45) is 17.3 Å². The van der Waals surface area contributed by atoms with E-state index in [1.807, 2.05) is 60.7 Å². The molecule has 1 saturated heterocycles. The fourth-order valence-electron chi connectivity index (χ4n) is 7.97. The average molecular weight is 758 g/mol. The van der Waals surface area contributed by atoms with E-state index in [9.17, 15) is 14.4 Å². The van der Waals surface area contributed by atoms with Crippen molar-refractivity contribution in [1.29, 1.82) is 0 Å². The van der Waals surface area contributed by atoms with Crippen LogP contribution in [0.4, 0.5) is 5.95 Å². The van der Waals surface area contributed by atoms with Crippen molar-refractivity contribution >= 4 is 37.3 Å². The Labute approximate surface area is 316 Å². The fourth-order valence-corrected chi connectivity index (χ4v) is 9.41. The van der Waals surface area contributed by atoms with Crippen LogP contribution in [0, 0.1) is 17.3 Å². The van der Waals surface area contributed by atoms with E-state index in [1.54, 1.807) is 18.4 Å². The van der Waals surface area contributed by atoms with Crippen LogP contribution in [0.2, 0.25) is 18.1 Å². The summed E-state index contributed by atoms with van der Waals surface area (Å²) in [5, 5.41) is 2.50. The Morgan fingerprint density at radius 1 is 1.04 bits per heavy atom. The standard InChI is InChI=1S/C40H51N5O8Si/c1-25(2)33(47)43-36-42-32-29(34(48)44-36)41-24-45(32)35-30(51-26(3)46)31-39(52-35,23-49-21-27-15-11-9-12-16-27)38(19-20-38)40(31,53-54(7,8)37(4,5)6)50-22-28-17-13-10-14-18-28/h9-18,24-25,30-31,35H,19-23H2,1-8H3,(H2,42,43,44,47,48)/t30?,31?,35-,39-,40+/m1/s1. The molecule has 5 atom stereocenters. The van der Waals surface area contributed by atoms with Crippen molar-refractivity contribution in [3.05, 3.63) is 88.5 Å². The third-order valence-electron chi connectivity index (χ3n) is 11.8. The number of nitrogens with zero attached hydrogens (tertiary/aromatic N) is 3. The molecule has 1 amide bonds. The van der Waals surface area contributed by atoms with Gasteiger partial charge in [-0.3, -0.25) is 29.3 Å². The van der Waals surface area contributed by atoms with Gasteiger partial charge in [-0.1, -0.05) is 95.3 Å². The number of H-pyrrole nitrogens is 1. The van der Waals surface area contributed by atoms with Crippen LogP contribution in [0.3, 0.4) is 0 Å². The topological polar surface area (TPSA) is 156 Å².